The van der Waals surface area contributed by atoms with Crippen molar-refractivity contribution in [2.75, 3.05) is 0 Å². The highest BCUT2D eigenvalue weighted by Gasteiger charge is 2.19. The van der Waals surface area contributed by atoms with Crippen molar-refractivity contribution in [3.05, 3.63) is 200 Å². The Labute approximate surface area is 344 Å². The van der Waals surface area contributed by atoms with Crippen molar-refractivity contribution in [3.8, 4) is 33.6 Å². The van der Waals surface area contributed by atoms with E-state index in [-0.39, 0.29) is 0 Å². The zero-order chi connectivity index (χ0) is 39.5. The predicted molar refractivity (Wildman–Crippen MR) is 253 cm³/mol. The van der Waals surface area contributed by atoms with E-state index in [9.17, 15) is 0 Å². The lowest BCUT2D eigenvalue weighted by Gasteiger charge is -2.14. The van der Waals surface area contributed by atoms with Crippen LogP contribution in [0, 0.1) is 0 Å². The maximum Gasteiger partial charge on any atom is 0.0541 e. The molecule has 1 aliphatic carbocycles. The number of nitrogens with zero attached hydrogens (tertiary/aromatic N) is 3. The number of hydrogen-bond donors (Lipinski definition) is 0. The zero-order valence-corrected chi connectivity index (χ0v) is 33.3. The van der Waals surface area contributed by atoms with Crippen LogP contribution in [-0.4, -0.2) is 13.7 Å². The number of benzene rings is 8. The molecule has 3 heterocycles. The molecule has 0 aliphatic heterocycles. The molecule has 8 aromatic carbocycles. The number of allylic oxidation sites excluding steroid dienone is 4. The molecule has 0 saturated carbocycles. The van der Waals surface area contributed by atoms with Gasteiger partial charge in [-0.05, 0) is 126 Å². The molecule has 0 amide bonds. The lowest BCUT2D eigenvalue weighted by Crippen LogP contribution is -1.98. The van der Waals surface area contributed by atoms with Gasteiger partial charge in [0.1, 0.15) is 0 Å². The summed E-state index contributed by atoms with van der Waals surface area (Å²) < 4.78 is 7.26. The van der Waals surface area contributed by atoms with E-state index in [0.717, 1.165) is 12.8 Å². The maximum absolute atomic E-state index is 2.50. The minimum Gasteiger partial charge on any atom is -0.313 e. The van der Waals surface area contributed by atoms with Gasteiger partial charge in [-0.1, -0.05) is 123 Å². The lowest BCUT2D eigenvalue weighted by atomic mass is 9.98. The number of aromatic nitrogens is 3. The van der Waals surface area contributed by atoms with Gasteiger partial charge in [0.15, 0.2) is 0 Å². The van der Waals surface area contributed by atoms with E-state index in [0.29, 0.717) is 0 Å². The Bertz CT molecular complexity index is 3230. The SMILES string of the molecule is C1=CCCC(n2c3ccc(-c4ccc5c(c4)c4ccccc4n5-c4ccccc4)cc3c3cc(-c4ccc5c(c4)c4ccccc4n5-c4ccccc4)ccc32)=C1.CC. The Morgan fingerprint density at radius 2 is 0.695 bits per heavy atom. The lowest BCUT2D eigenvalue weighted by molar-refractivity contribution is 0.979. The minimum atomic E-state index is 1.02. The van der Waals surface area contributed by atoms with Gasteiger partial charge in [0.2, 0.25) is 0 Å². The highest BCUT2D eigenvalue weighted by molar-refractivity contribution is 6.15. The van der Waals surface area contributed by atoms with E-state index in [2.05, 4.69) is 214 Å². The molecule has 0 fully saturated rings. The monoisotopic (exact) mass is 757 g/mol. The largest absolute Gasteiger partial charge is 0.313 e. The van der Waals surface area contributed by atoms with Crippen LogP contribution in [0.25, 0.3) is 105 Å². The van der Waals surface area contributed by atoms with Gasteiger partial charge in [0, 0.05) is 49.4 Å². The summed E-state index contributed by atoms with van der Waals surface area (Å²) in [5.74, 6) is 0. The third-order valence-electron chi connectivity index (χ3n) is 12.1. The highest BCUT2D eigenvalue weighted by Crippen LogP contribution is 2.41. The van der Waals surface area contributed by atoms with Crippen LogP contribution in [0.3, 0.4) is 0 Å². The van der Waals surface area contributed by atoms with Crippen molar-refractivity contribution in [3.63, 3.8) is 0 Å². The second kappa shape index (κ2) is 14.2. The van der Waals surface area contributed by atoms with Crippen molar-refractivity contribution in [1.29, 1.82) is 0 Å². The van der Waals surface area contributed by atoms with Gasteiger partial charge in [0.05, 0.1) is 33.1 Å². The zero-order valence-electron chi connectivity index (χ0n) is 33.3. The third-order valence-corrected chi connectivity index (χ3v) is 12.1. The van der Waals surface area contributed by atoms with Crippen LogP contribution >= 0.6 is 0 Å². The van der Waals surface area contributed by atoms with Gasteiger partial charge < -0.3 is 13.7 Å². The van der Waals surface area contributed by atoms with Gasteiger partial charge in [-0.15, -0.1) is 0 Å². The van der Waals surface area contributed by atoms with Crippen LogP contribution in [0.2, 0.25) is 0 Å². The van der Waals surface area contributed by atoms with Crippen molar-refractivity contribution < 1.29 is 0 Å². The number of fused-ring (bicyclic) bond motifs is 9. The average Bonchev–Trinajstić information content (AvgIpc) is 3.95. The summed E-state index contributed by atoms with van der Waals surface area (Å²) in [5, 5.41) is 7.60. The van der Waals surface area contributed by atoms with Crippen molar-refractivity contribution in [1.82, 2.24) is 13.7 Å². The van der Waals surface area contributed by atoms with Crippen molar-refractivity contribution in [2.24, 2.45) is 0 Å². The smallest absolute Gasteiger partial charge is 0.0541 e. The van der Waals surface area contributed by atoms with Gasteiger partial charge in [0.25, 0.3) is 0 Å². The second-order valence-corrected chi connectivity index (χ2v) is 15.3. The van der Waals surface area contributed by atoms with Gasteiger partial charge in [-0.3, -0.25) is 0 Å². The average molecular weight is 758 g/mol. The molecule has 11 aromatic rings. The third kappa shape index (κ3) is 5.57. The summed E-state index contributed by atoms with van der Waals surface area (Å²) in [5.41, 5.74) is 15.9. The summed E-state index contributed by atoms with van der Waals surface area (Å²) >= 11 is 0. The molecule has 0 spiro atoms. The Balaban J connectivity index is 0.00000196. The molecule has 0 bridgehead atoms. The quantitative estimate of drug-likeness (QED) is 0.166. The molecule has 3 heteroatoms. The molecule has 282 valence electrons. The van der Waals surface area contributed by atoms with Crippen LogP contribution in [-0.2, 0) is 0 Å². The molecule has 0 saturated heterocycles. The molecule has 59 heavy (non-hydrogen) atoms. The normalized spacial score (nSPS) is 12.8. The first-order valence-corrected chi connectivity index (χ1v) is 20.9. The van der Waals surface area contributed by atoms with Crippen LogP contribution in [0.4, 0.5) is 0 Å². The van der Waals surface area contributed by atoms with Gasteiger partial charge >= 0.3 is 0 Å². The van der Waals surface area contributed by atoms with Gasteiger partial charge in [-0.2, -0.15) is 0 Å². The topological polar surface area (TPSA) is 14.8 Å². The Kier molecular flexibility index (Phi) is 8.41. The van der Waals surface area contributed by atoms with E-state index in [1.54, 1.807) is 0 Å². The van der Waals surface area contributed by atoms with Crippen LogP contribution < -0.4 is 0 Å². The molecule has 3 nitrogen and oxygen atoms in total. The van der Waals surface area contributed by atoms with Crippen molar-refractivity contribution in [2.45, 2.75) is 26.7 Å². The molecular weight excluding hydrogens is 715 g/mol. The van der Waals surface area contributed by atoms with Gasteiger partial charge in [-0.25, -0.2) is 0 Å². The Morgan fingerprint density at radius 3 is 1.10 bits per heavy atom. The summed E-state index contributed by atoms with van der Waals surface area (Å²) in [6.07, 6.45) is 8.83. The summed E-state index contributed by atoms with van der Waals surface area (Å²) in [6.45, 7) is 4.00. The van der Waals surface area contributed by atoms with E-state index in [1.165, 1.54) is 105 Å². The maximum atomic E-state index is 2.50. The van der Waals surface area contributed by atoms with E-state index < -0.39 is 0 Å². The fourth-order valence-electron chi connectivity index (χ4n) is 9.48. The Morgan fingerprint density at radius 1 is 0.339 bits per heavy atom. The molecule has 0 N–H and O–H groups in total. The summed E-state index contributed by atoms with van der Waals surface area (Å²) in [4.78, 5) is 0. The van der Waals surface area contributed by atoms with Crippen LogP contribution in [0.1, 0.15) is 26.7 Å². The first-order chi connectivity index (χ1) is 29.3. The summed E-state index contributed by atoms with van der Waals surface area (Å²) in [7, 11) is 0. The highest BCUT2D eigenvalue weighted by atomic mass is 15.0. The first-order valence-electron chi connectivity index (χ1n) is 20.9. The Hall–Kier alpha value is -7.36. The number of para-hydroxylation sites is 4. The summed E-state index contributed by atoms with van der Waals surface area (Å²) in [6, 6.07) is 67.0. The predicted octanol–water partition coefficient (Wildman–Crippen LogP) is 15.5. The molecule has 3 aromatic heterocycles. The fourth-order valence-corrected chi connectivity index (χ4v) is 9.48. The molecule has 0 unspecified atom stereocenters. The fraction of sp³-hybridized carbons (Fsp3) is 0.0714. The standard InChI is InChI=1S/C54H37N3.C2H6/c1-4-14-40(15-5-1)55-49-22-12-10-20-43(49)45-32-36(24-28-51(45)55)38-26-30-53-47(34-38)48-35-39(27-31-54(48)57(53)42-18-8-3-9-19-42)37-25-29-52-46(33-37)44-21-11-13-23-50(44)56(52)41-16-6-2-7-17-41;1-2/h1-8,10-18,20-35H,9,19H2;1-2H3. The second-order valence-electron chi connectivity index (χ2n) is 15.3. The van der Waals surface area contributed by atoms with Crippen LogP contribution in [0.15, 0.2) is 200 Å². The van der Waals surface area contributed by atoms with Crippen molar-refractivity contribution >= 4 is 71.1 Å². The number of rotatable bonds is 5. The molecule has 0 atom stereocenters. The first kappa shape index (κ1) is 34.9. The van der Waals surface area contributed by atoms with Crippen LogP contribution in [0.5, 0.6) is 0 Å². The molecular formula is C56H43N3. The molecule has 12 rings (SSSR count). The minimum absolute atomic E-state index is 1.02. The van der Waals surface area contributed by atoms with E-state index in [4.69, 9.17) is 0 Å². The molecule has 0 radical (unpaired) electrons. The van der Waals surface area contributed by atoms with E-state index in [1.807, 2.05) is 13.8 Å². The van der Waals surface area contributed by atoms with E-state index >= 15 is 0 Å². The molecule has 1 aliphatic rings. The number of hydrogen-bond acceptors (Lipinski definition) is 0.